The van der Waals surface area contributed by atoms with Gasteiger partial charge in [0.05, 0.1) is 11.3 Å². The minimum atomic E-state index is -0.310. The van der Waals surface area contributed by atoms with Gasteiger partial charge in [-0.05, 0) is 68.4 Å². The molecule has 0 fully saturated rings. The first-order chi connectivity index (χ1) is 12.9. The first-order valence-electron chi connectivity index (χ1n) is 8.59. The van der Waals surface area contributed by atoms with Crippen molar-refractivity contribution in [2.75, 3.05) is 5.32 Å². The number of hydrogen-bond donors (Lipinski definition) is 2. The van der Waals surface area contributed by atoms with Crippen molar-refractivity contribution in [1.82, 2.24) is 9.88 Å². The van der Waals surface area contributed by atoms with Crippen LogP contribution in [0.4, 0.5) is 5.69 Å². The molecule has 0 aliphatic carbocycles. The molecular weight excluding hydrogens is 362 g/mol. The van der Waals surface area contributed by atoms with Crippen molar-refractivity contribution in [2.24, 2.45) is 0 Å². The van der Waals surface area contributed by atoms with Crippen LogP contribution in [0.15, 0.2) is 67.0 Å². The first kappa shape index (κ1) is 18.7. The molecule has 0 aliphatic heterocycles. The molecule has 2 aromatic carbocycles. The molecule has 0 bridgehead atoms. The highest BCUT2D eigenvalue weighted by molar-refractivity contribution is 6.31. The van der Waals surface area contributed by atoms with Gasteiger partial charge in [0.25, 0.3) is 11.8 Å². The number of aromatic nitrogens is 1. The van der Waals surface area contributed by atoms with E-state index in [9.17, 15) is 9.59 Å². The van der Waals surface area contributed by atoms with Crippen LogP contribution < -0.4 is 10.6 Å². The molecule has 1 heterocycles. The minimum absolute atomic E-state index is 0.0158. The predicted octanol–water partition coefficient (Wildman–Crippen LogP) is 4.52. The maximum absolute atomic E-state index is 12.6. The number of amides is 2. The lowest BCUT2D eigenvalue weighted by Gasteiger charge is -2.14. The summed E-state index contributed by atoms with van der Waals surface area (Å²) in [5.74, 6) is -0.574. The van der Waals surface area contributed by atoms with Crippen LogP contribution in [-0.2, 0) is 0 Å². The second-order valence-electron chi connectivity index (χ2n) is 6.41. The number of hydrogen-bond acceptors (Lipinski definition) is 2. The Morgan fingerprint density at radius 2 is 1.63 bits per heavy atom. The zero-order valence-corrected chi connectivity index (χ0v) is 15.8. The molecule has 1 aromatic heterocycles. The molecule has 0 unspecified atom stereocenters. The molecular formula is C21H20ClN3O2. The predicted molar refractivity (Wildman–Crippen MR) is 108 cm³/mol. The third-order valence-electron chi connectivity index (χ3n) is 3.93. The lowest BCUT2D eigenvalue weighted by atomic mass is 10.1. The van der Waals surface area contributed by atoms with Crippen LogP contribution in [0.3, 0.4) is 0 Å². The fourth-order valence-electron chi connectivity index (χ4n) is 2.64. The van der Waals surface area contributed by atoms with Gasteiger partial charge in [-0.2, -0.15) is 0 Å². The number of rotatable bonds is 5. The maximum Gasteiger partial charge on any atom is 0.255 e. The van der Waals surface area contributed by atoms with Crippen LogP contribution in [0.25, 0.3) is 5.69 Å². The molecule has 3 rings (SSSR count). The van der Waals surface area contributed by atoms with Gasteiger partial charge in [-0.3, -0.25) is 9.59 Å². The van der Waals surface area contributed by atoms with E-state index >= 15 is 0 Å². The fourth-order valence-corrected chi connectivity index (χ4v) is 2.82. The van der Waals surface area contributed by atoms with Crippen molar-refractivity contribution in [2.45, 2.75) is 19.9 Å². The lowest BCUT2D eigenvalue weighted by Crippen LogP contribution is -2.31. The summed E-state index contributed by atoms with van der Waals surface area (Å²) in [5, 5.41) is 6.04. The molecule has 0 saturated heterocycles. The van der Waals surface area contributed by atoms with Crippen molar-refractivity contribution in [3.8, 4) is 5.69 Å². The molecule has 0 atom stereocenters. The molecule has 2 amide bonds. The van der Waals surface area contributed by atoms with Gasteiger partial charge in [-0.15, -0.1) is 0 Å². The van der Waals surface area contributed by atoms with E-state index in [4.69, 9.17) is 11.6 Å². The third-order valence-corrected chi connectivity index (χ3v) is 4.16. The lowest BCUT2D eigenvalue weighted by molar-refractivity contribution is 0.0944. The Kier molecular flexibility index (Phi) is 5.62. The molecule has 0 spiro atoms. The number of carbonyl (C=O) groups is 2. The second kappa shape index (κ2) is 8.10. The maximum atomic E-state index is 12.6. The number of halogens is 1. The number of benzene rings is 2. The second-order valence-corrected chi connectivity index (χ2v) is 6.85. The summed E-state index contributed by atoms with van der Waals surface area (Å²) in [5.41, 5.74) is 2.18. The van der Waals surface area contributed by atoms with E-state index in [-0.39, 0.29) is 17.9 Å². The van der Waals surface area contributed by atoms with Crippen molar-refractivity contribution in [3.63, 3.8) is 0 Å². The van der Waals surface area contributed by atoms with Crippen molar-refractivity contribution < 1.29 is 9.59 Å². The highest BCUT2D eigenvalue weighted by Gasteiger charge is 2.16. The van der Waals surface area contributed by atoms with E-state index in [0.717, 1.165) is 5.69 Å². The topological polar surface area (TPSA) is 63.1 Å². The average Bonchev–Trinajstić information content (AvgIpc) is 3.16. The van der Waals surface area contributed by atoms with Gasteiger partial charge in [0.15, 0.2) is 0 Å². The Balaban J connectivity index is 1.81. The van der Waals surface area contributed by atoms with E-state index in [1.807, 2.05) is 55.1 Å². The number of nitrogens with one attached hydrogen (secondary N) is 2. The van der Waals surface area contributed by atoms with Gasteiger partial charge < -0.3 is 15.2 Å². The van der Waals surface area contributed by atoms with Gasteiger partial charge in [0.2, 0.25) is 0 Å². The molecule has 0 aliphatic rings. The van der Waals surface area contributed by atoms with Crippen LogP contribution in [-0.4, -0.2) is 22.4 Å². The van der Waals surface area contributed by atoms with Gasteiger partial charge in [-0.1, -0.05) is 11.6 Å². The Morgan fingerprint density at radius 3 is 2.26 bits per heavy atom. The van der Waals surface area contributed by atoms with Gasteiger partial charge >= 0.3 is 0 Å². The Bertz CT molecular complexity index is 948. The molecule has 5 nitrogen and oxygen atoms in total. The third kappa shape index (κ3) is 4.57. The van der Waals surface area contributed by atoms with Crippen molar-refractivity contribution in [1.29, 1.82) is 0 Å². The van der Waals surface area contributed by atoms with E-state index in [1.165, 1.54) is 0 Å². The minimum Gasteiger partial charge on any atom is -0.350 e. The number of carbonyl (C=O) groups excluding carboxylic acids is 2. The number of nitrogens with zero attached hydrogens (tertiary/aromatic N) is 1. The first-order valence-corrected chi connectivity index (χ1v) is 8.97. The van der Waals surface area contributed by atoms with Gasteiger partial charge in [0, 0.05) is 34.7 Å². The SMILES string of the molecule is CC(C)NC(=O)c1ccc(Cl)cc1NC(=O)c1ccc(-n2cccc2)cc1. The molecule has 0 radical (unpaired) electrons. The quantitative estimate of drug-likeness (QED) is 0.682. The van der Waals surface area contributed by atoms with Crippen LogP contribution >= 0.6 is 11.6 Å². The summed E-state index contributed by atoms with van der Waals surface area (Å²) in [6.07, 6.45) is 3.86. The Labute approximate surface area is 163 Å². The van der Waals surface area contributed by atoms with E-state index in [2.05, 4.69) is 10.6 Å². The van der Waals surface area contributed by atoms with E-state index in [1.54, 1.807) is 30.3 Å². The Hall–Kier alpha value is -3.05. The molecule has 6 heteroatoms. The highest BCUT2D eigenvalue weighted by atomic mass is 35.5. The summed E-state index contributed by atoms with van der Waals surface area (Å²) < 4.78 is 1.95. The molecule has 2 N–H and O–H groups in total. The monoisotopic (exact) mass is 381 g/mol. The zero-order chi connectivity index (χ0) is 19.4. The molecule has 138 valence electrons. The highest BCUT2D eigenvalue weighted by Crippen LogP contribution is 2.22. The van der Waals surface area contributed by atoms with Crippen LogP contribution in [0, 0.1) is 0 Å². The van der Waals surface area contributed by atoms with Gasteiger partial charge in [0.1, 0.15) is 0 Å². The fraction of sp³-hybridized carbons (Fsp3) is 0.143. The Morgan fingerprint density at radius 1 is 0.963 bits per heavy atom. The zero-order valence-electron chi connectivity index (χ0n) is 15.1. The van der Waals surface area contributed by atoms with Crippen LogP contribution in [0.1, 0.15) is 34.6 Å². The van der Waals surface area contributed by atoms with Crippen LogP contribution in [0.5, 0.6) is 0 Å². The van der Waals surface area contributed by atoms with Crippen LogP contribution in [0.2, 0.25) is 5.02 Å². The molecule has 3 aromatic rings. The van der Waals surface area contributed by atoms with Gasteiger partial charge in [-0.25, -0.2) is 0 Å². The van der Waals surface area contributed by atoms with E-state index in [0.29, 0.717) is 21.8 Å². The largest absolute Gasteiger partial charge is 0.350 e. The summed E-state index contributed by atoms with van der Waals surface area (Å²) in [4.78, 5) is 25.0. The van der Waals surface area contributed by atoms with Crippen molar-refractivity contribution in [3.05, 3.63) is 83.1 Å². The number of anilines is 1. The molecule has 0 saturated carbocycles. The summed E-state index contributed by atoms with van der Waals surface area (Å²) in [6, 6.07) is 15.8. The standard InChI is InChI=1S/C21H20ClN3O2/c1-14(2)23-21(27)18-10-7-16(22)13-19(18)24-20(26)15-5-8-17(9-6-15)25-11-3-4-12-25/h3-14H,1-2H3,(H,23,27)(H,24,26). The summed E-state index contributed by atoms with van der Waals surface area (Å²) in [7, 11) is 0. The summed E-state index contributed by atoms with van der Waals surface area (Å²) in [6.45, 7) is 3.75. The normalized spacial score (nSPS) is 10.7. The smallest absolute Gasteiger partial charge is 0.255 e. The average molecular weight is 382 g/mol. The van der Waals surface area contributed by atoms with Crippen molar-refractivity contribution >= 4 is 29.1 Å². The summed E-state index contributed by atoms with van der Waals surface area (Å²) >= 11 is 6.05. The van der Waals surface area contributed by atoms with E-state index < -0.39 is 0 Å². The molecule has 27 heavy (non-hydrogen) atoms.